The van der Waals surface area contributed by atoms with Crippen LogP contribution in [0.1, 0.15) is 36.5 Å². The fourth-order valence-electron chi connectivity index (χ4n) is 3.21. The summed E-state index contributed by atoms with van der Waals surface area (Å²) >= 11 is 24.0. The Labute approximate surface area is 211 Å². The van der Waals surface area contributed by atoms with Crippen LogP contribution in [0.2, 0.25) is 20.1 Å². The molecule has 0 aromatic heterocycles. The Morgan fingerprint density at radius 2 is 1.58 bits per heavy atom. The molecule has 1 N–H and O–H groups in total. The summed E-state index contributed by atoms with van der Waals surface area (Å²) in [5.74, 6) is -1.55. The van der Waals surface area contributed by atoms with E-state index in [2.05, 4.69) is 5.32 Å². The molecule has 12 heteroatoms. The number of benzene rings is 2. The number of ether oxygens (including phenoxy) is 1. The number of nitrogens with one attached hydrogen (secondary N) is 1. The van der Waals surface area contributed by atoms with Crippen LogP contribution in [0.25, 0.3) is 0 Å². The van der Waals surface area contributed by atoms with Gasteiger partial charge >= 0.3 is 5.97 Å². The molecule has 0 unspecified atom stereocenters. The standard InChI is InChI=1S/C21H20Cl4N2O5S/c1-12(20(28)26-18-11-16(24)15(23)10-17(18)25)32-21(29)13-5-6-14(22)19(9-13)33(30,31)27-7-3-2-4-8-27/h5-6,9-12H,2-4,7-8H2,1H3,(H,26,28)/t12-/m0/s1. The number of carbonyl (C=O) groups is 2. The van der Waals surface area contributed by atoms with Gasteiger partial charge in [-0.05, 0) is 50.1 Å². The Bertz CT molecular complexity index is 1180. The molecule has 2 aromatic carbocycles. The number of anilines is 1. The topological polar surface area (TPSA) is 92.8 Å². The zero-order chi connectivity index (χ0) is 24.3. The molecule has 33 heavy (non-hydrogen) atoms. The molecule has 0 saturated carbocycles. The normalized spacial score (nSPS) is 15.7. The Morgan fingerprint density at radius 1 is 0.939 bits per heavy atom. The largest absolute Gasteiger partial charge is 0.449 e. The molecule has 1 fully saturated rings. The molecule has 1 aliphatic heterocycles. The van der Waals surface area contributed by atoms with Crippen molar-refractivity contribution in [3.05, 3.63) is 56.0 Å². The van der Waals surface area contributed by atoms with Gasteiger partial charge in [-0.1, -0.05) is 52.8 Å². The molecule has 1 heterocycles. The lowest BCUT2D eigenvalue weighted by atomic mass is 10.2. The van der Waals surface area contributed by atoms with Crippen LogP contribution < -0.4 is 5.32 Å². The van der Waals surface area contributed by atoms with Gasteiger partial charge < -0.3 is 10.1 Å². The third-order valence-electron chi connectivity index (χ3n) is 5.02. The zero-order valence-corrected chi connectivity index (χ0v) is 21.2. The molecular formula is C21H20Cl4N2O5S. The van der Waals surface area contributed by atoms with Gasteiger partial charge in [-0.3, -0.25) is 4.79 Å². The Hall–Kier alpha value is -1.55. The number of hydrogen-bond donors (Lipinski definition) is 1. The number of carbonyl (C=O) groups excluding carboxylic acids is 2. The second-order valence-corrected chi connectivity index (χ2v) is 10.9. The van der Waals surface area contributed by atoms with Gasteiger partial charge in [0, 0.05) is 13.1 Å². The van der Waals surface area contributed by atoms with Gasteiger partial charge in [-0.2, -0.15) is 4.31 Å². The Morgan fingerprint density at radius 3 is 2.24 bits per heavy atom. The van der Waals surface area contributed by atoms with Crippen LogP contribution in [0.4, 0.5) is 5.69 Å². The molecule has 178 valence electrons. The van der Waals surface area contributed by atoms with E-state index in [1.807, 2.05) is 0 Å². The SMILES string of the molecule is C[C@H](OC(=O)c1ccc(Cl)c(S(=O)(=O)N2CCCCC2)c1)C(=O)Nc1cc(Cl)c(Cl)cc1Cl. The van der Waals surface area contributed by atoms with E-state index in [-0.39, 0.29) is 36.2 Å². The first kappa shape index (κ1) is 26.1. The van der Waals surface area contributed by atoms with Crippen molar-refractivity contribution in [2.24, 2.45) is 0 Å². The molecule has 1 aliphatic rings. The fraction of sp³-hybridized carbons (Fsp3) is 0.333. The summed E-state index contributed by atoms with van der Waals surface area (Å²) in [6.45, 7) is 2.14. The minimum Gasteiger partial charge on any atom is -0.449 e. The van der Waals surface area contributed by atoms with Gasteiger partial charge in [0.25, 0.3) is 5.91 Å². The Kier molecular flexibility index (Phi) is 8.53. The molecule has 7 nitrogen and oxygen atoms in total. The number of piperidine rings is 1. The van der Waals surface area contributed by atoms with Crippen molar-refractivity contribution in [3.63, 3.8) is 0 Å². The van der Waals surface area contributed by atoms with Crippen LogP contribution >= 0.6 is 46.4 Å². The van der Waals surface area contributed by atoms with Gasteiger partial charge in [-0.25, -0.2) is 13.2 Å². The van der Waals surface area contributed by atoms with E-state index >= 15 is 0 Å². The third-order valence-corrected chi connectivity index (χ3v) is 8.44. The number of esters is 1. The first-order chi connectivity index (χ1) is 15.5. The van der Waals surface area contributed by atoms with Gasteiger partial charge in [0.15, 0.2) is 6.10 Å². The molecule has 1 amide bonds. The summed E-state index contributed by atoms with van der Waals surface area (Å²) in [4.78, 5) is 24.9. The molecule has 1 atom stereocenters. The van der Waals surface area contributed by atoms with E-state index < -0.39 is 28.0 Å². The number of halogens is 4. The van der Waals surface area contributed by atoms with Crippen LogP contribution in [0, 0.1) is 0 Å². The summed E-state index contributed by atoms with van der Waals surface area (Å²) in [6, 6.07) is 6.55. The van der Waals surface area contributed by atoms with E-state index in [9.17, 15) is 18.0 Å². The van der Waals surface area contributed by atoms with E-state index in [0.29, 0.717) is 13.1 Å². The summed E-state index contributed by atoms with van der Waals surface area (Å²) in [5.41, 5.74) is 0.141. The van der Waals surface area contributed by atoms with Crippen molar-refractivity contribution in [2.45, 2.75) is 37.2 Å². The lowest BCUT2D eigenvalue weighted by molar-refractivity contribution is -0.123. The van der Waals surface area contributed by atoms with Crippen molar-refractivity contribution in [1.29, 1.82) is 0 Å². The van der Waals surface area contributed by atoms with E-state index in [4.69, 9.17) is 51.1 Å². The smallest absolute Gasteiger partial charge is 0.338 e. The van der Waals surface area contributed by atoms with E-state index in [0.717, 1.165) is 25.3 Å². The van der Waals surface area contributed by atoms with Crippen molar-refractivity contribution < 1.29 is 22.7 Å². The third kappa shape index (κ3) is 6.12. The highest BCUT2D eigenvalue weighted by atomic mass is 35.5. The molecule has 3 rings (SSSR count). The van der Waals surface area contributed by atoms with Crippen LogP contribution in [-0.4, -0.2) is 43.8 Å². The van der Waals surface area contributed by atoms with Gasteiger partial charge in [0.1, 0.15) is 4.90 Å². The van der Waals surface area contributed by atoms with Crippen molar-refractivity contribution >= 4 is 74.0 Å². The fourth-order valence-corrected chi connectivity index (χ4v) is 5.82. The average molecular weight is 554 g/mol. The van der Waals surface area contributed by atoms with Crippen molar-refractivity contribution in [3.8, 4) is 0 Å². The number of nitrogens with zero attached hydrogens (tertiary/aromatic N) is 1. The molecule has 2 aromatic rings. The zero-order valence-electron chi connectivity index (χ0n) is 17.4. The predicted octanol–water partition coefficient (Wildman–Crippen LogP) is 5.66. The first-order valence-corrected chi connectivity index (χ1v) is 12.9. The summed E-state index contributed by atoms with van der Waals surface area (Å²) < 4.78 is 32.5. The van der Waals surface area contributed by atoms with Crippen LogP contribution in [0.15, 0.2) is 35.2 Å². The molecule has 0 aliphatic carbocycles. The maximum absolute atomic E-state index is 13.0. The number of amides is 1. The van der Waals surface area contributed by atoms with Crippen LogP contribution in [0.5, 0.6) is 0 Å². The number of rotatable bonds is 6. The van der Waals surface area contributed by atoms with E-state index in [1.165, 1.54) is 35.5 Å². The molecule has 0 radical (unpaired) electrons. The summed E-state index contributed by atoms with van der Waals surface area (Å²) in [7, 11) is -3.87. The van der Waals surface area contributed by atoms with Crippen LogP contribution in [0.3, 0.4) is 0 Å². The summed E-state index contributed by atoms with van der Waals surface area (Å²) in [6.07, 6.45) is 1.25. The highest BCUT2D eigenvalue weighted by Crippen LogP contribution is 2.32. The lowest BCUT2D eigenvalue weighted by Gasteiger charge is -2.26. The molecular weight excluding hydrogens is 534 g/mol. The second-order valence-electron chi connectivity index (χ2n) is 7.39. The summed E-state index contributed by atoms with van der Waals surface area (Å²) in [5, 5.41) is 3.06. The average Bonchev–Trinajstić information content (AvgIpc) is 2.78. The monoisotopic (exact) mass is 552 g/mol. The van der Waals surface area contributed by atoms with Crippen molar-refractivity contribution in [1.82, 2.24) is 4.31 Å². The minimum atomic E-state index is -3.87. The molecule has 0 spiro atoms. The quantitative estimate of drug-likeness (QED) is 0.368. The maximum Gasteiger partial charge on any atom is 0.338 e. The predicted molar refractivity (Wildman–Crippen MR) is 129 cm³/mol. The highest BCUT2D eigenvalue weighted by molar-refractivity contribution is 7.89. The lowest BCUT2D eigenvalue weighted by Crippen LogP contribution is -2.36. The van der Waals surface area contributed by atoms with Crippen molar-refractivity contribution in [2.75, 3.05) is 18.4 Å². The van der Waals surface area contributed by atoms with Gasteiger partial charge in [0.05, 0.1) is 31.3 Å². The maximum atomic E-state index is 13.0. The molecule has 1 saturated heterocycles. The molecule has 0 bridgehead atoms. The number of sulfonamides is 1. The van der Waals surface area contributed by atoms with E-state index in [1.54, 1.807) is 0 Å². The van der Waals surface area contributed by atoms with Gasteiger partial charge in [-0.15, -0.1) is 0 Å². The Balaban J connectivity index is 1.74. The van der Waals surface area contributed by atoms with Crippen LogP contribution in [-0.2, 0) is 19.6 Å². The first-order valence-electron chi connectivity index (χ1n) is 9.97. The van der Waals surface area contributed by atoms with Gasteiger partial charge in [0.2, 0.25) is 10.0 Å². The minimum absolute atomic E-state index is 0.00262. The highest BCUT2D eigenvalue weighted by Gasteiger charge is 2.29. The second kappa shape index (κ2) is 10.8. The number of hydrogen-bond acceptors (Lipinski definition) is 5.